The van der Waals surface area contributed by atoms with E-state index in [-0.39, 0.29) is 16.5 Å². The van der Waals surface area contributed by atoms with Gasteiger partial charge in [-0.2, -0.15) is 0 Å². The highest BCUT2D eigenvalue weighted by Crippen LogP contribution is 2.21. The second-order valence-electron chi connectivity index (χ2n) is 6.33. The van der Waals surface area contributed by atoms with Crippen molar-refractivity contribution in [2.24, 2.45) is 0 Å². The van der Waals surface area contributed by atoms with Crippen LogP contribution in [0.25, 0.3) is 0 Å². The molecule has 7 nitrogen and oxygen atoms in total. The number of anilines is 2. The highest BCUT2D eigenvalue weighted by Gasteiger charge is 2.15. The van der Waals surface area contributed by atoms with Gasteiger partial charge in [0.2, 0.25) is 5.91 Å². The minimum atomic E-state index is -3.59. The molecule has 0 radical (unpaired) electrons. The van der Waals surface area contributed by atoms with Gasteiger partial charge in [0.15, 0.2) is 0 Å². The summed E-state index contributed by atoms with van der Waals surface area (Å²) in [6.45, 7) is 0.967. The number of carbonyl (C=O) groups excluding carboxylic acids is 1. The van der Waals surface area contributed by atoms with E-state index in [1.165, 1.54) is 0 Å². The van der Waals surface area contributed by atoms with Crippen LogP contribution >= 0.6 is 11.3 Å². The molecule has 1 heterocycles. The van der Waals surface area contributed by atoms with Crippen molar-refractivity contribution in [1.29, 1.82) is 0 Å². The molecule has 0 aliphatic carbocycles. The molecule has 0 aliphatic rings. The predicted octanol–water partition coefficient (Wildman–Crippen LogP) is 3.76. The van der Waals surface area contributed by atoms with E-state index >= 15 is 0 Å². The quantitative estimate of drug-likeness (QED) is 0.463. The number of nitrogens with one attached hydrogen (secondary N) is 2. The van der Waals surface area contributed by atoms with Gasteiger partial charge in [-0.05, 0) is 53.4 Å². The van der Waals surface area contributed by atoms with Crippen LogP contribution < -0.4 is 14.8 Å². The molecule has 0 saturated carbocycles. The van der Waals surface area contributed by atoms with Gasteiger partial charge in [-0.15, -0.1) is 11.3 Å². The smallest absolute Gasteiger partial charge is 0.271 e. The normalized spacial score (nSPS) is 11.1. The summed E-state index contributed by atoms with van der Waals surface area (Å²) in [5, 5.41) is 4.53. The monoisotopic (exact) mass is 446 g/mol. The number of methoxy groups -OCH3 is 1. The van der Waals surface area contributed by atoms with Crippen molar-refractivity contribution in [3.63, 3.8) is 0 Å². The Hall–Kier alpha value is -2.88. The second kappa shape index (κ2) is 10.2. The molecule has 0 fully saturated rings. The van der Waals surface area contributed by atoms with Crippen molar-refractivity contribution in [2.75, 3.05) is 30.4 Å². The Bertz CT molecular complexity index is 1050. The van der Waals surface area contributed by atoms with E-state index in [1.807, 2.05) is 0 Å². The second-order valence-corrected chi connectivity index (χ2v) is 9.18. The van der Waals surface area contributed by atoms with Crippen molar-refractivity contribution in [3.8, 4) is 5.75 Å². The van der Waals surface area contributed by atoms with Gasteiger partial charge in [-0.1, -0.05) is 18.2 Å². The molecule has 0 aliphatic heterocycles. The van der Waals surface area contributed by atoms with Crippen LogP contribution in [-0.2, 0) is 26.0 Å². The maximum absolute atomic E-state index is 12.3. The van der Waals surface area contributed by atoms with Crippen molar-refractivity contribution in [1.82, 2.24) is 0 Å². The van der Waals surface area contributed by atoms with Gasteiger partial charge >= 0.3 is 0 Å². The van der Waals surface area contributed by atoms with Crippen LogP contribution in [0, 0.1) is 0 Å². The SMILES string of the molecule is COCCOc1ccc(NC(=O)Cc2ccc(NS(=O)(=O)c3cccs3)cc2)cc1. The van der Waals surface area contributed by atoms with Gasteiger partial charge in [-0.3, -0.25) is 9.52 Å². The molecule has 1 amide bonds. The van der Waals surface area contributed by atoms with Crippen LogP contribution in [0.5, 0.6) is 5.75 Å². The number of hydrogen-bond donors (Lipinski definition) is 2. The number of hydrogen-bond acceptors (Lipinski definition) is 6. The Morgan fingerprint density at radius 2 is 1.67 bits per heavy atom. The molecule has 158 valence electrons. The summed E-state index contributed by atoms with van der Waals surface area (Å²) in [6.07, 6.45) is 0.171. The third-order valence-corrected chi connectivity index (χ3v) is 6.80. The van der Waals surface area contributed by atoms with Gasteiger partial charge in [0.05, 0.1) is 13.0 Å². The number of ether oxygens (including phenoxy) is 2. The van der Waals surface area contributed by atoms with Gasteiger partial charge in [0.25, 0.3) is 10.0 Å². The number of benzene rings is 2. The molecule has 9 heteroatoms. The van der Waals surface area contributed by atoms with Gasteiger partial charge in [0, 0.05) is 18.5 Å². The number of carbonyl (C=O) groups is 1. The topological polar surface area (TPSA) is 93.7 Å². The fourth-order valence-electron chi connectivity index (χ4n) is 2.58. The van der Waals surface area contributed by atoms with E-state index in [4.69, 9.17) is 9.47 Å². The molecule has 0 atom stereocenters. The van der Waals surface area contributed by atoms with Crippen molar-refractivity contribution in [3.05, 3.63) is 71.6 Å². The van der Waals surface area contributed by atoms with Crippen LogP contribution in [-0.4, -0.2) is 34.6 Å². The average molecular weight is 447 g/mol. The number of sulfonamides is 1. The molecule has 2 aromatic carbocycles. The van der Waals surface area contributed by atoms with Crippen LogP contribution in [0.3, 0.4) is 0 Å². The Morgan fingerprint density at radius 3 is 2.30 bits per heavy atom. The third kappa shape index (κ3) is 6.31. The first-order valence-corrected chi connectivity index (χ1v) is 11.5. The Kier molecular flexibility index (Phi) is 7.45. The fraction of sp³-hybridized carbons (Fsp3) is 0.190. The number of amides is 1. The van der Waals surface area contributed by atoms with E-state index in [0.717, 1.165) is 16.9 Å². The highest BCUT2D eigenvalue weighted by molar-refractivity contribution is 7.94. The van der Waals surface area contributed by atoms with E-state index in [2.05, 4.69) is 10.0 Å². The average Bonchev–Trinajstić information content (AvgIpc) is 3.27. The van der Waals surface area contributed by atoms with Crippen molar-refractivity contribution < 1.29 is 22.7 Å². The van der Waals surface area contributed by atoms with Crippen molar-refractivity contribution >= 4 is 38.6 Å². The molecular weight excluding hydrogens is 424 g/mol. The van der Waals surface area contributed by atoms with E-state index in [1.54, 1.807) is 73.2 Å². The maximum atomic E-state index is 12.3. The fourth-order valence-corrected chi connectivity index (χ4v) is 4.63. The van der Waals surface area contributed by atoms with E-state index in [9.17, 15) is 13.2 Å². The lowest BCUT2D eigenvalue weighted by Gasteiger charge is -2.09. The zero-order valence-corrected chi connectivity index (χ0v) is 18.0. The molecular formula is C21H22N2O5S2. The molecule has 0 bridgehead atoms. The molecule has 0 spiro atoms. The van der Waals surface area contributed by atoms with Gasteiger partial charge in [0.1, 0.15) is 16.6 Å². The first-order valence-electron chi connectivity index (χ1n) is 9.13. The molecule has 3 rings (SSSR count). The molecule has 30 heavy (non-hydrogen) atoms. The summed E-state index contributed by atoms with van der Waals surface area (Å²) in [4.78, 5) is 12.3. The lowest BCUT2D eigenvalue weighted by Crippen LogP contribution is -2.14. The standard InChI is InChI=1S/C21H22N2O5S2/c1-27-12-13-28-19-10-8-17(9-11-19)22-20(24)15-16-4-6-18(7-5-16)23-30(25,26)21-3-2-14-29-21/h2-11,14,23H,12-13,15H2,1H3,(H,22,24). The summed E-state index contributed by atoms with van der Waals surface area (Å²) in [5.74, 6) is 0.528. The predicted molar refractivity (Wildman–Crippen MR) is 118 cm³/mol. The summed E-state index contributed by atoms with van der Waals surface area (Å²) in [7, 11) is -1.98. The lowest BCUT2D eigenvalue weighted by atomic mass is 10.1. The van der Waals surface area contributed by atoms with Crippen LogP contribution in [0.1, 0.15) is 5.56 Å². The summed E-state index contributed by atoms with van der Waals surface area (Å²) >= 11 is 1.15. The summed E-state index contributed by atoms with van der Waals surface area (Å²) in [5.41, 5.74) is 1.88. The van der Waals surface area contributed by atoms with Crippen molar-refractivity contribution in [2.45, 2.75) is 10.6 Å². The Labute approximate surface area is 179 Å². The van der Waals surface area contributed by atoms with Crippen LogP contribution in [0.15, 0.2) is 70.3 Å². The minimum Gasteiger partial charge on any atom is -0.491 e. The number of thiophene rings is 1. The van der Waals surface area contributed by atoms with Gasteiger partial charge in [-0.25, -0.2) is 8.42 Å². The van der Waals surface area contributed by atoms with E-state index in [0.29, 0.717) is 30.3 Å². The first kappa shape index (κ1) is 21.8. The number of rotatable bonds is 10. The largest absolute Gasteiger partial charge is 0.491 e. The Morgan fingerprint density at radius 1 is 0.967 bits per heavy atom. The zero-order chi connectivity index (χ0) is 21.4. The molecule has 0 saturated heterocycles. The first-order chi connectivity index (χ1) is 14.5. The van der Waals surface area contributed by atoms with Gasteiger partial charge < -0.3 is 14.8 Å². The summed E-state index contributed by atoms with van der Waals surface area (Å²) < 4.78 is 37.7. The minimum absolute atomic E-state index is 0.171. The molecule has 3 aromatic rings. The molecule has 2 N–H and O–H groups in total. The van der Waals surface area contributed by atoms with Crippen LogP contribution in [0.2, 0.25) is 0 Å². The lowest BCUT2D eigenvalue weighted by molar-refractivity contribution is -0.115. The molecule has 1 aromatic heterocycles. The highest BCUT2D eigenvalue weighted by atomic mass is 32.2. The van der Waals surface area contributed by atoms with E-state index < -0.39 is 10.0 Å². The third-order valence-electron chi connectivity index (χ3n) is 4.03. The maximum Gasteiger partial charge on any atom is 0.271 e. The summed E-state index contributed by atoms with van der Waals surface area (Å²) in [6, 6.07) is 17.0. The zero-order valence-electron chi connectivity index (χ0n) is 16.3. The molecule has 0 unspecified atom stereocenters. The van der Waals surface area contributed by atoms with Crippen LogP contribution in [0.4, 0.5) is 11.4 Å². The Balaban J connectivity index is 1.52.